The number of H-pyrrole nitrogens is 1. The van der Waals surface area contributed by atoms with Gasteiger partial charge in [0.05, 0.1) is 16.0 Å². The first-order valence-corrected chi connectivity index (χ1v) is 10.5. The van der Waals surface area contributed by atoms with E-state index >= 15 is 0 Å². The number of carbonyl (C=O) groups excluding carboxylic acids is 1. The van der Waals surface area contributed by atoms with Gasteiger partial charge in [-0.25, -0.2) is 4.98 Å². The van der Waals surface area contributed by atoms with Crippen molar-refractivity contribution in [3.05, 3.63) is 52.2 Å². The largest absolute Gasteiger partial charge is 0.368 e. The number of nitrogens with one attached hydrogen (secondary N) is 3. The third-order valence-corrected chi connectivity index (χ3v) is 6.00. The molecule has 1 aliphatic rings. The van der Waals surface area contributed by atoms with Crippen LogP contribution in [0.2, 0.25) is 5.02 Å². The minimum atomic E-state index is -0.0777. The van der Waals surface area contributed by atoms with E-state index in [1.807, 2.05) is 38.1 Å². The van der Waals surface area contributed by atoms with Gasteiger partial charge in [0.25, 0.3) is 5.91 Å². The third kappa shape index (κ3) is 4.53. The SMILES string of the molecule is Cc1ccc(Cl)c(C(=O)NC2CCC(CNc3n[nH]c4nc(C)ccc34)CC2)c1. The van der Waals surface area contributed by atoms with Crippen LogP contribution in [0.4, 0.5) is 5.82 Å². The molecule has 1 aromatic carbocycles. The van der Waals surface area contributed by atoms with Crippen molar-refractivity contribution in [2.24, 2.45) is 5.92 Å². The number of fused-ring (bicyclic) bond motifs is 1. The van der Waals surface area contributed by atoms with E-state index in [1.54, 1.807) is 6.07 Å². The van der Waals surface area contributed by atoms with Crippen molar-refractivity contribution in [2.75, 3.05) is 11.9 Å². The molecule has 0 bridgehead atoms. The van der Waals surface area contributed by atoms with Gasteiger partial charge in [-0.3, -0.25) is 9.89 Å². The fraction of sp³-hybridized carbons (Fsp3) is 0.409. The lowest BCUT2D eigenvalue weighted by Crippen LogP contribution is -2.38. The van der Waals surface area contributed by atoms with Crippen LogP contribution in [0.25, 0.3) is 11.0 Å². The van der Waals surface area contributed by atoms with Gasteiger partial charge in [0, 0.05) is 18.3 Å². The zero-order valence-corrected chi connectivity index (χ0v) is 17.5. The molecule has 0 radical (unpaired) electrons. The van der Waals surface area contributed by atoms with Crippen LogP contribution >= 0.6 is 11.6 Å². The number of aryl methyl sites for hydroxylation is 2. The van der Waals surface area contributed by atoms with Gasteiger partial charge in [-0.1, -0.05) is 23.2 Å². The Hall–Kier alpha value is -2.60. The highest BCUT2D eigenvalue weighted by atomic mass is 35.5. The second kappa shape index (κ2) is 8.41. The number of benzene rings is 1. The van der Waals surface area contributed by atoms with Crippen molar-refractivity contribution in [1.29, 1.82) is 0 Å². The summed E-state index contributed by atoms with van der Waals surface area (Å²) >= 11 is 6.19. The normalized spacial score (nSPS) is 19.3. The molecule has 4 rings (SSSR count). The van der Waals surface area contributed by atoms with Gasteiger partial charge in [-0.15, -0.1) is 0 Å². The standard InChI is InChI=1S/C22H26ClN5O/c1-13-3-10-19(23)18(11-13)22(29)26-16-7-5-15(6-8-16)12-24-20-17-9-4-14(2)25-21(17)28-27-20/h3-4,9-11,15-16H,5-8,12H2,1-2H3,(H,26,29)(H2,24,25,27,28). The zero-order valence-electron chi connectivity index (χ0n) is 16.8. The lowest BCUT2D eigenvalue weighted by molar-refractivity contribution is 0.0923. The predicted molar refractivity (Wildman–Crippen MR) is 117 cm³/mol. The number of halogens is 1. The average Bonchev–Trinajstić information content (AvgIpc) is 3.11. The lowest BCUT2D eigenvalue weighted by atomic mass is 9.86. The summed E-state index contributed by atoms with van der Waals surface area (Å²) in [4.78, 5) is 17.0. The van der Waals surface area contributed by atoms with E-state index in [0.717, 1.165) is 60.3 Å². The molecule has 2 aromatic heterocycles. The summed E-state index contributed by atoms with van der Waals surface area (Å²) in [6, 6.07) is 9.79. The molecular weight excluding hydrogens is 386 g/mol. The topological polar surface area (TPSA) is 82.7 Å². The van der Waals surface area contributed by atoms with Crippen molar-refractivity contribution in [3.8, 4) is 0 Å². The zero-order chi connectivity index (χ0) is 20.4. The van der Waals surface area contributed by atoms with Gasteiger partial charge in [0.1, 0.15) is 0 Å². The van der Waals surface area contributed by atoms with E-state index in [4.69, 9.17) is 11.6 Å². The molecule has 1 saturated carbocycles. The van der Waals surface area contributed by atoms with Crippen LogP contribution in [-0.2, 0) is 0 Å². The molecule has 1 aliphatic carbocycles. The predicted octanol–water partition coefficient (Wildman–Crippen LogP) is 4.63. The van der Waals surface area contributed by atoms with Gasteiger partial charge in [0.15, 0.2) is 11.5 Å². The molecule has 152 valence electrons. The molecule has 7 heteroatoms. The smallest absolute Gasteiger partial charge is 0.253 e. The summed E-state index contributed by atoms with van der Waals surface area (Å²) in [5, 5.41) is 15.5. The number of pyridine rings is 1. The number of nitrogens with zero attached hydrogens (tertiary/aromatic N) is 2. The Kier molecular flexibility index (Phi) is 5.72. The van der Waals surface area contributed by atoms with Crippen LogP contribution in [0.5, 0.6) is 0 Å². The molecule has 1 amide bonds. The molecule has 2 heterocycles. The van der Waals surface area contributed by atoms with E-state index in [9.17, 15) is 4.79 Å². The Bertz CT molecular complexity index is 1020. The average molecular weight is 412 g/mol. The van der Waals surface area contributed by atoms with Crippen molar-refractivity contribution < 1.29 is 4.79 Å². The summed E-state index contributed by atoms with van der Waals surface area (Å²) < 4.78 is 0. The summed E-state index contributed by atoms with van der Waals surface area (Å²) in [7, 11) is 0. The molecule has 0 atom stereocenters. The van der Waals surface area contributed by atoms with Crippen LogP contribution in [0, 0.1) is 19.8 Å². The van der Waals surface area contributed by atoms with Crippen molar-refractivity contribution in [1.82, 2.24) is 20.5 Å². The molecule has 0 spiro atoms. The Morgan fingerprint density at radius 1 is 1.17 bits per heavy atom. The fourth-order valence-electron chi connectivity index (χ4n) is 3.97. The lowest BCUT2D eigenvalue weighted by Gasteiger charge is -2.29. The summed E-state index contributed by atoms with van der Waals surface area (Å²) in [5.74, 6) is 1.35. The molecule has 0 saturated heterocycles. The Morgan fingerprint density at radius 3 is 2.76 bits per heavy atom. The number of rotatable bonds is 5. The van der Waals surface area contributed by atoms with Crippen LogP contribution < -0.4 is 10.6 Å². The fourth-order valence-corrected chi connectivity index (χ4v) is 4.17. The molecule has 3 N–H and O–H groups in total. The van der Waals surface area contributed by atoms with Crippen molar-refractivity contribution in [2.45, 2.75) is 45.6 Å². The molecule has 0 aliphatic heterocycles. The highest BCUT2D eigenvalue weighted by molar-refractivity contribution is 6.33. The Morgan fingerprint density at radius 2 is 1.97 bits per heavy atom. The molecule has 29 heavy (non-hydrogen) atoms. The molecule has 0 unspecified atom stereocenters. The first-order valence-electron chi connectivity index (χ1n) is 10.1. The van der Waals surface area contributed by atoms with E-state index < -0.39 is 0 Å². The number of aromatic amines is 1. The van der Waals surface area contributed by atoms with Crippen molar-refractivity contribution >= 4 is 34.4 Å². The van der Waals surface area contributed by atoms with E-state index in [2.05, 4.69) is 25.8 Å². The van der Waals surface area contributed by atoms with Crippen LogP contribution in [0.3, 0.4) is 0 Å². The monoisotopic (exact) mass is 411 g/mol. The number of hydrogen-bond donors (Lipinski definition) is 3. The second-order valence-electron chi connectivity index (χ2n) is 7.98. The van der Waals surface area contributed by atoms with Crippen LogP contribution in [0.1, 0.15) is 47.3 Å². The number of aromatic nitrogens is 3. The number of amides is 1. The maximum absolute atomic E-state index is 12.6. The highest BCUT2D eigenvalue weighted by Crippen LogP contribution is 2.27. The molecule has 6 nitrogen and oxygen atoms in total. The van der Waals surface area contributed by atoms with Crippen molar-refractivity contribution in [3.63, 3.8) is 0 Å². The summed E-state index contributed by atoms with van der Waals surface area (Å²) in [6.45, 7) is 4.81. The van der Waals surface area contributed by atoms with Gasteiger partial charge in [0.2, 0.25) is 0 Å². The van der Waals surface area contributed by atoms with E-state index in [-0.39, 0.29) is 11.9 Å². The maximum Gasteiger partial charge on any atom is 0.253 e. The van der Waals surface area contributed by atoms with E-state index in [0.29, 0.717) is 16.5 Å². The second-order valence-corrected chi connectivity index (χ2v) is 8.38. The minimum Gasteiger partial charge on any atom is -0.368 e. The molecular formula is C22H26ClN5O. The quantitative estimate of drug-likeness (QED) is 0.571. The number of anilines is 1. The van der Waals surface area contributed by atoms with Gasteiger partial charge >= 0.3 is 0 Å². The molecule has 3 aromatic rings. The number of hydrogen-bond acceptors (Lipinski definition) is 4. The van der Waals surface area contributed by atoms with Gasteiger partial charge in [-0.2, -0.15) is 5.10 Å². The van der Waals surface area contributed by atoms with Gasteiger partial charge in [-0.05, 0) is 69.7 Å². The number of carbonyl (C=O) groups is 1. The van der Waals surface area contributed by atoms with Gasteiger partial charge < -0.3 is 10.6 Å². The summed E-state index contributed by atoms with van der Waals surface area (Å²) in [5.41, 5.74) is 3.38. The Labute approximate surface area is 175 Å². The van der Waals surface area contributed by atoms with E-state index in [1.165, 1.54) is 0 Å². The van der Waals surface area contributed by atoms with Crippen LogP contribution in [0.15, 0.2) is 30.3 Å². The first-order chi connectivity index (χ1) is 14.0. The third-order valence-electron chi connectivity index (χ3n) is 5.67. The van der Waals surface area contributed by atoms with Crippen LogP contribution in [-0.4, -0.2) is 33.7 Å². The Balaban J connectivity index is 1.28. The first kappa shape index (κ1) is 19.7. The summed E-state index contributed by atoms with van der Waals surface area (Å²) in [6.07, 6.45) is 4.09. The minimum absolute atomic E-state index is 0.0777. The molecule has 1 fully saturated rings. The maximum atomic E-state index is 12.6. The highest BCUT2D eigenvalue weighted by Gasteiger charge is 2.24.